The summed E-state index contributed by atoms with van der Waals surface area (Å²) in [5.74, 6) is 1.22. The predicted octanol–water partition coefficient (Wildman–Crippen LogP) is 5.77. The first-order chi connectivity index (χ1) is 19.5. The van der Waals surface area contributed by atoms with Crippen LogP contribution >= 0.6 is 0 Å². The van der Waals surface area contributed by atoms with Gasteiger partial charge in [0.1, 0.15) is 5.69 Å². The third kappa shape index (κ3) is 4.33. The normalized spacial score (nSPS) is 17.9. The van der Waals surface area contributed by atoms with Crippen molar-refractivity contribution in [2.75, 3.05) is 18.4 Å². The number of amides is 1. The largest absolute Gasteiger partial charge is 0.338 e. The number of fused-ring (bicyclic) bond motifs is 5. The second-order valence-electron chi connectivity index (χ2n) is 10.9. The van der Waals surface area contributed by atoms with Crippen LogP contribution in [0.5, 0.6) is 0 Å². The Labute approximate surface area is 232 Å². The molecule has 5 aromatic rings. The van der Waals surface area contributed by atoms with Gasteiger partial charge >= 0.3 is 0 Å². The van der Waals surface area contributed by atoms with Gasteiger partial charge < -0.3 is 14.8 Å². The van der Waals surface area contributed by atoms with E-state index in [4.69, 9.17) is 0 Å². The lowest BCUT2D eigenvalue weighted by molar-refractivity contribution is 0.0594. The van der Waals surface area contributed by atoms with Crippen molar-refractivity contribution in [3.05, 3.63) is 118 Å². The summed E-state index contributed by atoms with van der Waals surface area (Å²) in [5.41, 5.74) is 5.57. The van der Waals surface area contributed by atoms with E-state index in [1.807, 2.05) is 76.2 Å². The number of aryl methyl sites for hydroxylation is 1. The number of benzene rings is 3. The Balaban J connectivity index is 1.14. The summed E-state index contributed by atoms with van der Waals surface area (Å²) in [4.78, 5) is 27.8. The molecule has 2 aromatic heterocycles. The zero-order valence-electron chi connectivity index (χ0n) is 22.2. The minimum Gasteiger partial charge on any atom is -0.338 e. The summed E-state index contributed by atoms with van der Waals surface area (Å²) in [7, 11) is 0. The number of carbonyl (C=O) groups excluding carboxylic acids is 1. The SMILES string of the molecule is Cc1cccc(Nc2nnc(-c3ccc(C(=O)N4C[C@H]5C[C@@H](C4)c4cccc(=O)n4C5)cc3)c3ccccc23)c1. The summed E-state index contributed by atoms with van der Waals surface area (Å²) in [6.07, 6.45) is 1.02. The van der Waals surface area contributed by atoms with E-state index in [1.165, 1.54) is 5.56 Å². The fourth-order valence-corrected chi connectivity index (χ4v) is 6.28. The molecule has 1 fully saturated rings. The van der Waals surface area contributed by atoms with Gasteiger partial charge in [-0.1, -0.05) is 54.6 Å². The van der Waals surface area contributed by atoms with E-state index in [-0.39, 0.29) is 17.4 Å². The Morgan fingerprint density at radius 1 is 0.850 bits per heavy atom. The molecule has 2 bridgehead atoms. The molecule has 2 aliphatic heterocycles. The van der Waals surface area contributed by atoms with Gasteiger partial charge in [0.2, 0.25) is 0 Å². The monoisotopic (exact) mass is 527 g/mol. The molecule has 0 aliphatic carbocycles. The average molecular weight is 528 g/mol. The fourth-order valence-electron chi connectivity index (χ4n) is 6.28. The molecule has 40 heavy (non-hydrogen) atoms. The lowest BCUT2D eigenvalue weighted by atomic mass is 9.83. The summed E-state index contributed by atoms with van der Waals surface area (Å²) in [5, 5.41) is 14.5. The smallest absolute Gasteiger partial charge is 0.253 e. The molecule has 2 atom stereocenters. The first-order valence-electron chi connectivity index (χ1n) is 13.7. The van der Waals surface area contributed by atoms with Crippen LogP contribution in [0, 0.1) is 12.8 Å². The second kappa shape index (κ2) is 9.75. The number of likely N-dealkylation sites (tertiary alicyclic amines) is 1. The number of aromatic nitrogens is 3. The maximum Gasteiger partial charge on any atom is 0.253 e. The van der Waals surface area contributed by atoms with Gasteiger partial charge in [0.05, 0.1) is 0 Å². The summed E-state index contributed by atoms with van der Waals surface area (Å²) in [6, 6.07) is 29.4. The van der Waals surface area contributed by atoms with Gasteiger partial charge in [0, 0.05) is 64.9 Å². The summed E-state index contributed by atoms with van der Waals surface area (Å²) in [6.45, 7) is 4.04. The van der Waals surface area contributed by atoms with Crippen molar-refractivity contribution >= 4 is 28.2 Å². The number of hydrogen-bond acceptors (Lipinski definition) is 5. The molecule has 0 saturated carbocycles. The van der Waals surface area contributed by atoms with Gasteiger partial charge in [-0.3, -0.25) is 9.59 Å². The first-order valence-corrected chi connectivity index (χ1v) is 13.7. The number of pyridine rings is 1. The maximum absolute atomic E-state index is 13.5. The van der Waals surface area contributed by atoms with Crippen molar-refractivity contribution in [3.63, 3.8) is 0 Å². The number of nitrogens with zero attached hydrogens (tertiary/aromatic N) is 4. The average Bonchev–Trinajstić information content (AvgIpc) is 2.98. The van der Waals surface area contributed by atoms with Crippen LogP contribution in [0.3, 0.4) is 0 Å². The molecule has 2 aliphatic rings. The van der Waals surface area contributed by atoms with Crippen molar-refractivity contribution in [3.8, 4) is 11.3 Å². The van der Waals surface area contributed by atoms with Crippen molar-refractivity contribution in [2.24, 2.45) is 5.92 Å². The molecule has 0 spiro atoms. The number of carbonyl (C=O) groups is 1. The lowest BCUT2D eigenvalue weighted by Crippen LogP contribution is -2.49. The van der Waals surface area contributed by atoms with E-state index >= 15 is 0 Å². The van der Waals surface area contributed by atoms with Gasteiger partial charge in [0.25, 0.3) is 11.5 Å². The quantitative estimate of drug-likeness (QED) is 0.321. The molecule has 7 heteroatoms. The summed E-state index contributed by atoms with van der Waals surface area (Å²) >= 11 is 0. The number of nitrogens with one attached hydrogen (secondary N) is 1. The number of rotatable bonds is 4. The number of anilines is 2. The number of piperidine rings is 1. The van der Waals surface area contributed by atoms with E-state index in [0.717, 1.165) is 39.8 Å². The minimum absolute atomic E-state index is 0.0293. The molecule has 3 aromatic carbocycles. The van der Waals surface area contributed by atoms with Crippen LogP contribution in [-0.2, 0) is 6.54 Å². The molecule has 0 unspecified atom stereocenters. The highest BCUT2D eigenvalue weighted by Crippen LogP contribution is 2.36. The molecule has 7 rings (SSSR count). The van der Waals surface area contributed by atoms with Crippen molar-refractivity contribution < 1.29 is 4.79 Å². The molecular weight excluding hydrogens is 498 g/mol. The zero-order chi connectivity index (χ0) is 27.2. The standard InChI is InChI=1S/C33H29N5O2/c1-21-6-4-7-26(16-21)34-32-28-9-3-2-8-27(28)31(35-36-32)23-12-14-24(15-13-23)33(40)37-18-22-17-25(20-37)29-10-5-11-30(39)38(29)19-22/h2-16,22,25H,17-20H2,1H3,(H,34,36)/t22-,25+/m1/s1. The van der Waals surface area contributed by atoms with Crippen LogP contribution in [-0.4, -0.2) is 38.7 Å². The van der Waals surface area contributed by atoms with E-state index in [9.17, 15) is 9.59 Å². The predicted molar refractivity (Wildman–Crippen MR) is 157 cm³/mol. The molecule has 7 nitrogen and oxygen atoms in total. The molecule has 198 valence electrons. The van der Waals surface area contributed by atoms with E-state index in [2.05, 4.69) is 40.6 Å². The Hall–Kier alpha value is -4.78. The Morgan fingerprint density at radius 2 is 1.65 bits per heavy atom. The highest BCUT2D eigenvalue weighted by molar-refractivity contribution is 6.01. The Morgan fingerprint density at radius 3 is 2.48 bits per heavy atom. The highest BCUT2D eigenvalue weighted by atomic mass is 16.2. The number of hydrogen-bond donors (Lipinski definition) is 1. The van der Waals surface area contributed by atoms with Gasteiger partial charge in [-0.25, -0.2) is 0 Å². The van der Waals surface area contributed by atoms with Crippen LogP contribution in [0.4, 0.5) is 11.5 Å². The topological polar surface area (TPSA) is 80.1 Å². The van der Waals surface area contributed by atoms with Crippen LogP contribution < -0.4 is 10.9 Å². The first kappa shape index (κ1) is 24.3. The highest BCUT2D eigenvalue weighted by Gasteiger charge is 2.36. The van der Waals surface area contributed by atoms with Crippen molar-refractivity contribution in [1.82, 2.24) is 19.7 Å². The van der Waals surface area contributed by atoms with Crippen LogP contribution in [0.15, 0.2) is 95.8 Å². The van der Waals surface area contributed by atoms with Gasteiger partial charge in [-0.15, -0.1) is 10.2 Å². The van der Waals surface area contributed by atoms with E-state index in [0.29, 0.717) is 36.9 Å². The van der Waals surface area contributed by atoms with Gasteiger partial charge in [-0.2, -0.15) is 0 Å². The minimum atomic E-state index is 0.0293. The van der Waals surface area contributed by atoms with Crippen LogP contribution in [0.25, 0.3) is 22.0 Å². The second-order valence-corrected chi connectivity index (χ2v) is 10.9. The molecular formula is C33H29N5O2. The van der Waals surface area contributed by atoms with Gasteiger partial charge in [-0.05, 0) is 55.2 Å². The Kier molecular flexibility index (Phi) is 5.92. The maximum atomic E-state index is 13.5. The van der Waals surface area contributed by atoms with E-state index < -0.39 is 0 Å². The zero-order valence-corrected chi connectivity index (χ0v) is 22.2. The Bertz CT molecular complexity index is 1810. The van der Waals surface area contributed by atoms with E-state index in [1.54, 1.807) is 6.07 Å². The van der Waals surface area contributed by atoms with Crippen molar-refractivity contribution in [1.29, 1.82) is 0 Å². The van der Waals surface area contributed by atoms with Crippen LogP contribution in [0.2, 0.25) is 0 Å². The molecule has 0 radical (unpaired) electrons. The molecule has 1 saturated heterocycles. The summed E-state index contributed by atoms with van der Waals surface area (Å²) < 4.78 is 1.89. The third-order valence-corrected chi connectivity index (χ3v) is 8.14. The third-order valence-electron chi connectivity index (χ3n) is 8.14. The fraction of sp³-hybridized carbons (Fsp3) is 0.212. The van der Waals surface area contributed by atoms with Crippen LogP contribution in [0.1, 0.15) is 34.0 Å². The van der Waals surface area contributed by atoms with Crippen molar-refractivity contribution in [2.45, 2.75) is 25.8 Å². The lowest BCUT2D eigenvalue weighted by Gasteiger charge is -2.42. The van der Waals surface area contributed by atoms with Gasteiger partial charge in [0.15, 0.2) is 5.82 Å². The molecule has 1 N–H and O–H groups in total. The molecule has 1 amide bonds. The molecule has 4 heterocycles.